The number of aliphatic hydroxyl groups is 1. The maximum atomic E-state index is 13.3. The minimum atomic E-state index is -0.607. The Morgan fingerprint density at radius 1 is 1.45 bits per heavy atom. The molecule has 118 valence electrons. The molecule has 3 rings (SSSR count). The number of aliphatic hydroxyl groups excluding tert-OH is 1. The van der Waals surface area contributed by atoms with E-state index in [0.717, 1.165) is 6.42 Å². The summed E-state index contributed by atoms with van der Waals surface area (Å²) in [6.07, 6.45) is 0.254. The van der Waals surface area contributed by atoms with Gasteiger partial charge in [-0.25, -0.2) is 4.39 Å². The molecule has 1 aromatic rings. The van der Waals surface area contributed by atoms with Crippen LogP contribution in [0.5, 0.6) is 0 Å². The number of amides is 2. The van der Waals surface area contributed by atoms with Gasteiger partial charge in [0, 0.05) is 25.2 Å². The average molecular weight is 306 g/mol. The van der Waals surface area contributed by atoms with E-state index in [1.807, 2.05) is 6.92 Å². The van der Waals surface area contributed by atoms with Crippen LogP contribution in [0.2, 0.25) is 0 Å². The number of rotatable bonds is 1. The molecule has 2 amide bonds. The summed E-state index contributed by atoms with van der Waals surface area (Å²) in [4.78, 5) is 26.1. The van der Waals surface area contributed by atoms with Crippen molar-refractivity contribution in [2.45, 2.75) is 31.8 Å². The van der Waals surface area contributed by atoms with Crippen LogP contribution >= 0.6 is 0 Å². The molecular weight excluding hydrogens is 287 g/mol. The lowest BCUT2D eigenvalue weighted by Crippen LogP contribution is -2.48. The molecule has 0 bridgehead atoms. The van der Waals surface area contributed by atoms with Crippen molar-refractivity contribution in [1.82, 2.24) is 4.90 Å². The Hall–Kier alpha value is -1.95. The van der Waals surface area contributed by atoms with E-state index in [-0.39, 0.29) is 30.7 Å². The van der Waals surface area contributed by atoms with E-state index in [0.29, 0.717) is 17.8 Å². The van der Waals surface area contributed by atoms with Crippen LogP contribution in [0.25, 0.3) is 0 Å². The van der Waals surface area contributed by atoms with Crippen molar-refractivity contribution in [2.75, 3.05) is 18.4 Å². The molecule has 0 saturated carbocycles. The second kappa shape index (κ2) is 5.68. The number of β-amino-alcohol motifs (C(OH)–C–C–N with tert-alkyl or cyclic N) is 1. The van der Waals surface area contributed by atoms with Gasteiger partial charge in [-0.05, 0) is 30.0 Å². The summed E-state index contributed by atoms with van der Waals surface area (Å²) in [6.45, 7) is 2.82. The van der Waals surface area contributed by atoms with E-state index in [9.17, 15) is 19.1 Å². The molecule has 2 aliphatic rings. The van der Waals surface area contributed by atoms with Gasteiger partial charge in [0.1, 0.15) is 5.82 Å². The van der Waals surface area contributed by atoms with Gasteiger partial charge in [-0.1, -0.05) is 13.0 Å². The first-order chi connectivity index (χ1) is 10.5. The Labute approximate surface area is 128 Å². The standard InChI is InChI=1S/C16H19FN2O3/c1-9-4-5-19(8-14(9)20)16(22)12-7-15(21)18-13-6-10(17)2-3-11(12)13/h2-3,6,9,12,14,20H,4-5,7-8H2,1H3,(H,18,21). The minimum Gasteiger partial charge on any atom is -0.391 e. The number of fused-ring (bicyclic) bond motifs is 1. The van der Waals surface area contributed by atoms with Crippen molar-refractivity contribution < 1.29 is 19.1 Å². The van der Waals surface area contributed by atoms with E-state index in [1.54, 1.807) is 11.0 Å². The first-order valence-electron chi connectivity index (χ1n) is 7.52. The first kappa shape index (κ1) is 15.0. The number of nitrogens with zero attached hydrogens (tertiary/aromatic N) is 1. The van der Waals surface area contributed by atoms with Gasteiger partial charge in [0.25, 0.3) is 0 Å². The lowest BCUT2D eigenvalue weighted by Gasteiger charge is -2.37. The van der Waals surface area contributed by atoms with Gasteiger partial charge in [0.05, 0.1) is 12.0 Å². The first-order valence-corrected chi connectivity index (χ1v) is 7.52. The van der Waals surface area contributed by atoms with Crippen LogP contribution in [0.1, 0.15) is 31.2 Å². The summed E-state index contributed by atoms with van der Waals surface area (Å²) >= 11 is 0. The topological polar surface area (TPSA) is 69.6 Å². The Bertz CT molecular complexity index is 619. The van der Waals surface area contributed by atoms with Gasteiger partial charge in [-0.15, -0.1) is 0 Å². The second-order valence-electron chi connectivity index (χ2n) is 6.15. The number of anilines is 1. The highest BCUT2D eigenvalue weighted by Gasteiger charge is 2.36. The normalized spacial score (nSPS) is 28.0. The number of hydrogen-bond acceptors (Lipinski definition) is 3. The lowest BCUT2D eigenvalue weighted by molar-refractivity contribution is -0.138. The molecule has 2 aliphatic heterocycles. The van der Waals surface area contributed by atoms with E-state index >= 15 is 0 Å². The largest absolute Gasteiger partial charge is 0.391 e. The van der Waals surface area contributed by atoms with Crippen LogP contribution < -0.4 is 5.32 Å². The summed E-state index contributed by atoms with van der Waals surface area (Å²) in [6, 6.07) is 4.08. The van der Waals surface area contributed by atoms with Gasteiger partial charge in [0.2, 0.25) is 11.8 Å². The molecule has 1 fully saturated rings. The van der Waals surface area contributed by atoms with Crippen LogP contribution in [0.15, 0.2) is 18.2 Å². The van der Waals surface area contributed by atoms with Crippen molar-refractivity contribution in [3.8, 4) is 0 Å². The predicted octanol–water partition coefficient (Wildman–Crippen LogP) is 1.48. The van der Waals surface area contributed by atoms with Crippen LogP contribution in [-0.4, -0.2) is 41.0 Å². The van der Waals surface area contributed by atoms with Crippen LogP contribution in [0.4, 0.5) is 10.1 Å². The predicted molar refractivity (Wildman–Crippen MR) is 78.8 cm³/mol. The van der Waals surface area contributed by atoms with Gasteiger partial charge < -0.3 is 15.3 Å². The molecule has 3 atom stereocenters. The van der Waals surface area contributed by atoms with Crippen molar-refractivity contribution in [1.29, 1.82) is 0 Å². The van der Waals surface area contributed by atoms with E-state index in [1.165, 1.54) is 12.1 Å². The third-order valence-electron chi connectivity index (χ3n) is 4.58. The number of carbonyl (C=O) groups is 2. The minimum absolute atomic E-state index is 0.0552. The summed E-state index contributed by atoms with van der Waals surface area (Å²) < 4.78 is 13.3. The molecule has 2 heterocycles. The molecule has 22 heavy (non-hydrogen) atoms. The Morgan fingerprint density at radius 3 is 2.95 bits per heavy atom. The third-order valence-corrected chi connectivity index (χ3v) is 4.58. The van der Waals surface area contributed by atoms with Crippen LogP contribution in [0.3, 0.4) is 0 Å². The summed E-state index contributed by atoms with van der Waals surface area (Å²) in [5.74, 6) is -1.35. The van der Waals surface area contributed by atoms with Gasteiger partial charge in [-0.3, -0.25) is 9.59 Å². The number of benzene rings is 1. The SMILES string of the molecule is CC1CCN(C(=O)C2CC(=O)Nc3cc(F)ccc32)CC1O. The maximum Gasteiger partial charge on any atom is 0.230 e. The molecular formula is C16H19FN2O3. The summed E-state index contributed by atoms with van der Waals surface area (Å²) in [7, 11) is 0. The number of piperidine rings is 1. The fourth-order valence-corrected chi connectivity index (χ4v) is 3.13. The van der Waals surface area contributed by atoms with E-state index in [2.05, 4.69) is 5.32 Å². The fraction of sp³-hybridized carbons (Fsp3) is 0.500. The van der Waals surface area contributed by atoms with Gasteiger partial charge in [-0.2, -0.15) is 0 Å². The number of nitrogens with one attached hydrogen (secondary N) is 1. The molecule has 1 aromatic carbocycles. The highest BCUT2D eigenvalue weighted by atomic mass is 19.1. The quantitative estimate of drug-likeness (QED) is 0.826. The number of halogens is 1. The van der Waals surface area contributed by atoms with Gasteiger partial charge in [0.15, 0.2) is 0 Å². The lowest BCUT2D eigenvalue weighted by atomic mass is 9.87. The van der Waals surface area contributed by atoms with E-state index in [4.69, 9.17) is 0 Å². The number of likely N-dealkylation sites (tertiary alicyclic amines) is 1. The highest BCUT2D eigenvalue weighted by molar-refractivity contribution is 6.01. The van der Waals surface area contributed by atoms with Gasteiger partial charge >= 0.3 is 0 Å². The number of hydrogen-bond donors (Lipinski definition) is 2. The molecule has 0 aromatic heterocycles. The molecule has 0 spiro atoms. The fourth-order valence-electron chi connectivity index (χ4n) is 3.13. The smallest absolute Gasteiger partial charge is 0.230 e. The molecule has 6 heteroatoms. The zero-order valence-corrected chi connectivity index (χ0v) is 12.4. The molecule has 0 radical (unpaired) electrons. The van der Waals surface area contributed by atoms with Crippen LogP contribution in [-0.2, 0) is 9.59 Å². The third kappa shape index (κ3) is 2.70. The highest BCUT2D eigenvalue weighted by Crippen LogP contribution is 2.34. The molecule has 5 nitrogen and oxygen atoms in total. The van der Waals surface area contributed by atoms with Crippen molar-refractivity contribution >= 4 is 17.5 Å². The molecule has 3 unspecified atom stereocenters. The second-order valence-corrected chi connectivity index (χ2v) is 6.15. The Kier molecular flexibility index (Phi) is 3.87. The zero-order chi connectivity index (χ0) is 15.9. The zero-order valence-electron chi connectivity index (χ0n) is 12.4. The Morgan fingerprint density at radius 2 is 2.23 bits per heavy atom. The molecule has 2 N–H and O–H groups in total. The molecule has 1 saturated heterocycles. The molecule has 0 aliphatic carbocycles. The van der Waals surface area contributed by atoms with Crippen molar-refractivity contribution in [3.05, 3.63) is 29.6 Å². The number of carbonyl (C=O) groups excluding carboxylic acids is 2. The monoisotopic (exact) mass is 306 g/mol. The van der Waals surface area contributed by atoms with E-state index < -0.39 is 17.8 Å². The van der Waals surface area contributed by atoms with Crippen LogP contribution in [0, 0.1) is 11.7 Å². The summed E-state index contributed by atoms with van der Waals surface area (Å²) in [5, 5.41) is 12.6. The maximum absolute atomic E-state index is 13.3. The average Bonchev–Trinajstić information content (AvgIpc) is 2.48. The van der Waals surface area contributed by atoms with Crippen molar-refractivity contribution in [3.63, 3.8) is 0 Å². The summed E-state index contributed by atoms with van der Waals surface area (Å²) in [5.41, 5.74) is 1.000. The Balaban J connectivity index is 1.86. The van der Waals surface area contributed by atoms with Crippen molar-refractivity contribution in [2.24, 2.45) is 5.92 Å².